The molecule has 0 atom stereocenters. The van der Waals surface area contributed by atoms with Gasteiger partial charge in [0.15, 0.2) is 0 Å². The van der Waals surface area contributed by atoms with E-state index in [1.54, 1.807) is 4.90 Å². The molecule has 3 rings (SSSR count). The van der Waals surface area contributed by atoms with Crippen molar-refractivity contribution in [2.24, 2.45) is 11.8 Å². The molecule has 36 heavy (non-hydrogen) atoms. The molecule has 2 aliphatic heterocycles. The summed E-state index contributed by atoms with van der Waals surface area (Å²) in [7, 11) is -0.959. The van der Waals surface area contributed by atoms with Gasteiger partial charge in [-0.15, -0.1) is 0 Å². The molecule has 0 aromatic heterocycles. The molecule has 12 heteroatoms. The zero-order chi connectivity index (χ0) is 26.3. The van der Waals surface area contributed by atoms with Crippen molar-refractivity contribution in [2.45, 2.75) is 43.4 Å². The third-order valence-electron chi connectivity index (χ3n) is 7.04. The quantitative estimate of drug-likeness (QED) is 0.464. The molecule has 1 aromatic carbocycles. The van der Waals surface area contributed by atoms with Crippen molar-refractivity contribution in [3.8, 4) is 0 Å². The Bertz CT molecular complexity index is 974. The van der Waals surface area contributed by atoms with Gasteiger partial charge in [-0.25, -0.2) is 13.1 Å². The van der Waals surface area contributed by atoms with Gasteiger partial charge < -0.3 is 19.3 Å². The molecule has 0 bridgehead atoms. The second-order valence-electron chi connectivity index (χ2n) is 9.57. The number of amides is 1. The maximum Gasteiger partial charge on any atom is 0.417 e. The van der Waals surface area contributed by atoms with Gasteiger partial charge in [0.1, 0.15) is 6.61 Å². The fourth-order valence-electron chi connectivity index (χ4n) is 4.99. The topological polar surface area (TPSA) is 88.2 Å². The predicted molar refractivity (Wildman–Crippen MR) is 128 cm³/mol. The molecule has 8 nitrogen and oxygen atoms in total. The summed E-state index contributed by atoms with van der Waals surface area (Å²) in [6.07, 6.45) is -0.488. The fourth-order valence-corrected chi connectivity index (χ4v) is 6.21. The van der Waals surface area contributed by atoms with Gasteiger partial charge in [0.25, 0.3) is 0 Å². The minimum absolute atomic E-state index is 0.0748. The summed E-state index contributed by atoms with van der Waals surface area (Å²) in [5, 5.41) is 0. The summed E-state index contributed by atoms with van der Waals surface area (Å²) < 4.78 is 77.7. The lowest BCUT2D eigenvalue weighted by molar-refractivity contribution is -0.140. The van der Waals surface area contributed by atoms with Crippen LogP contribution < -0.4 is 4.72 Å². The van der Waals surface area contributed by atoms with Gasteiger partial charge in [-0.1, -0.05) is 6.07 Å². The molecular weight excluding hydrogens is 499 g/mol. The summed E-state index contributed by atoms with van der Waals surface area (Å²) >= 11 is 0. The van der Waals surface area contributed by atoms with E-state index in [0.29, 0.717) is 19.0 Å². The molecule has 2 saturated heterocycles. The molecule has 2 aliphatic rings. The van der Waals surface area contributed by atoms with Crippen molar-refractivity contribution in [1.29, 1.82) is 0 Å². The monoisotopic (exact) mass is 535 g/mol. The number of benzene rings is 1. The highest BCUT2D eigenvalue weighted by molar-refractivity contribution is 7.89. The number of nitrogens with zero attached hydrogens (tertiary/aromatic N) is 2. The standard InChI is InChI=1S/C24H36F3N3O5S/c1-29-10-5-19(6-11-29)20-7-12-30(13-8-20)23(31)17-35-14-9-28-36(32,33)22-4-3-18(16-34-2)15-21(22)24(25,26)27/h3-4,15,19-20,28H,5-14,16-17H2,1-2H3. The number of carbonyl (C=O) groups excluding carboxylic acids is 1. The van der Waals surface area contributed by atoms with E-state index >= 15 is 0 Å². The first-order chi connectivity index (χ1) is 17.0. The second-order valence-corrected chi connectivity index (χ2v) is 11.3. The zero-order valence-electron chi connectivity index (χ0n) is 20.8. The van der Waals surface area contributed by atoms with Crippen LogP contribution >= 0.6 is 0 Å². The van der Waals surface area contributed by atoms with E-state index < -0.39 is 26.7 Å². The lowest BCUT2D eigenvalue weighted by Gasteiger charge is -2.39. The Morgan fingerprint density at radius 2 is 1.69 bits per heavy atom. The van der Waals surface area contributed by atoms with E-state index in [2.05, 4.69) is 16.7 Å². The maximum atomic E-state index is 13.5. The number of rotatable bonds is 10. The van der Waals surface area contributed by atoms with Crippen molar-refractivity contribution in [2.75, 3.05) is 60.1 Å². The number of piperidine rings is 2. The molecule has 2 fully saturated rings. The van der Waals surface area contributed by atoms with E-state index in [4.69, 9.17) is 9.47 Å². The van der Waals surface area contributed by atoms with Crippen LogP contribution in [0.5, 0.6) is 0 Å². The maximum absolute atomic E-state index is 13.5. The van der Waals surface area contributed by atoms with Crippen LogP contribution in [0.3, 0.4) is 0 Å². The molecule has 0 saturated carbocycles. The minimum Gasteiger partial charge on any atom is -0.380 e. The molecule has 1 aromatic rings. The Morgan fingerprint density at radius 1 is 1.08 bits per heavy atom. The molecule has 0 aliphatic carbocycles. The average molecular weight is 536 g/mol. The number of carbonyl (C=O) groups is 1. The van der Waals surface area contributed by atoms with Crippen LogP contribution in [0.4, 0.5) is 13.2 Å². The predicted octanol–water partition coefficient (Wildman–Crippen LogP) is 2.73. The fraction of sp³-hybridized carbons (Fsp3) is 0.708. The van der Waals surface area contributed by atoms with Crippen molar-refractivity contribution in [3.63, 3.8) is 0 Å². The number of likely N-dealkylation sites (tertiary alicyclic amines) is 2. The molecule has 1 N–H and O–H groups in total. The highest BCUT2D eigenvalue weighted by atomic mass is 32.2. The van der Waals surface area contributed by atoms with E-state index in [-0.39, 0.29) is 37.8 Å². The smallest absolute Gasteiger partial charge is 0.380 e. The summed E-state index contributed by atoms with van der Waals surface area (Å²) in [6.45, 7) is 2.95. The summed E-state index contributed by atoms with van der Waals surface area (Å²) in [5.41, 5.74) is -1.05. The first kappa shape index (κ1) is 28.8. The van der Waals surface area contributed by atoms with Gasteiger partial charge in [-0.2, -0.15) is 13.2 Å². The van der Waals surface area contributed by atoms with Gasteiger partial charge >= 0.3 is 6.18 Å². The average Bonchev–Trinajstić information content (AvgIpc) is 2.84. The van der Waals surface area contributed by atoms with Gasteiger partial charge in [-0.3, -0.25) is 4.79 Å². The normalized spacial score (nSPS) is 19.1. The highest BCUT2D eigenvalue weighted by Crippen LogP contribution is 2.35. The number of sulfonamides is 1. The Kier molecular flexibility index (Phi) is 10.2. The lowest BCUT2D eigenvalue weighted by atomic mass is 9.79. The SMILES string of the molecule is COCc1ccc(S(=O)(=O)NCCOCC(=O)N2CCC(C3CCN(C)CC3)CC2)c(C(F)(F)F)c1. The first-order valence-electron chi connectivity index (χ1n) is 12.2. The zero-order valence-corrected chi connectivity index (χ0v) is 21.7. The largest absolute Gasteiger partial charge is 0.417 e. The van der Waals surface area contributed by atoms with Crippen LogP contribution in [-0.2, 0) is 37.1 Å². The third kappa shape index (κ3) is 7.88. The van der Waals surface area contributed by atoms with Gasteiger partial charge in [0.2, 0.25) is 15.9 Å². The Morgan fingerprint density at radius 3 is 2.28 bits per heavy atom. The van der Waals surface area contributed by atoms with Gasteiger partial charge in [0, 0.05) is 26.7 Å². The number of hydrogen-bond acceptors (Lipinski definition) is 6. The van der Waals surface area contributed by atoms with Crippen LogP contribution in [-0.4, -0.2) is 84.2 Å². The lowest BCUT2D eigenvalue weighted by Crippen LogP contribution is -2.43. The van der Waals surface area contributed by atoms with E-state index in [9.17, 15) is 26.4 Å². The van der Waals surface area contributed by atoms with Crippen molar-refractivity contribution >= 4 is 15.9 Å². The van der Waals surface area contributed by atoms with Crippen molar-refractivity contribution < 1.29 is 35.9 Å². The van der Waals surface area contributed by atoms with Crippen molar-refractivity contribution in [1.82, 2.24) is 14.5 Å². The van der Waals surface area contributed by atoms with Crippen LogP contribution in [0.1, 0.15) is 36.8 Å². The minimum atomic E-state index is -4.85. The number of ether oxygens (including phenoxy) is 2. The van der Waals surface area contributed by atoms with Gasteiger partial charge in [-0.05, 0) is 75.4 Å². The first-order valence-corrected chi connectivity index (χ1v) is 13.7. The molecule has 204 valence electrons. The molecular formula is C24H36F3N3O5S. The summed E-state index contributed by atoms with van der Waals surface area (Å²) in [4.78, 5) is 15.7. The molecule has 0 radical (unpaired) electrons. The molecule has 0 unspecified atom stereocenters. The number of methoxy groups -OCH3 is 1. The van der Waals surface area contributed by atoms with E-state index in [0.717, 1.165) is 44.0 Å². The highest BCUT2D eigenvalue weighted by Gasteiger charge is 2.37. The number of nitrogens with one attached hydrogen (secondary N) is 1. The Hall–Kier alpha value is -1.73. The van der Waals surface area contributed by atoms with Crippen LogP contribution in [0.2, 0.25) is 0 Å². The van der Waals surface area contributed by atoms with Crippen molar-refractivity contribution in [3.05, 3.63) is 29.3 Å². The molecule has 2 heterocycles. The number of halogens is 3. The number of hydrogen-bond donors (Lipinski definition) is 1. The van der Waals surface area contributed by atoms with Crippen LogP contribution in [0.25, 0.3) is 0 Å². The number of alkyl halides is 3. The Labute approximate surface area is 211 Å². The summed E-state index contributed by atoms with van der Waals surface area (Å²) in [6, 6.07) is 2.96. The van der Waals surface area contributed by atoms with Gasteiger partial charge in [0.05, 0.1) is 23.7 Å². The molecule has 0 spiro atoms. The van der Waals surface area contributed by atoms with E-state index in [1.165, 1.54) is 26.0 Å². The van der Waals surface area contributed by atoms with Crippen LogP contribution in [0, 0.1) is 11.8 Å². The van der Waals surface area contributed by atoms with E-state index in [1.807, 2.05) is 0 Å². The van der Waals surface area contributed by atoms with Crippen LogP contribution in [0.15, 0.2) is 23.1 Å². The summed E-state index contributed by atoms with van der Waals surface area (Å²) in [5.74, 6) is 1.20. The second kappa shape index (κ2) is 12.7. The molecule has 1 amide bonds. The third-order valence-corrected chi connectivity index (χ3v) is 8.56. The Balaban J connectivity index is 1.42.